The summed E-state index contributed by atoms with van der Waals surface area (Å²) >= 11 is 0. The lowest BCUT2D eigenvalue weighted by Gasteiger charge is -2.06. The van der Waals surface area contributed by atoms with Gasteiger partial charge in [0.1, 0.15) is 0 Å². The standard InChI is InChI=1S/C11H14N4O2/c1-15-10(16)8-3-2-7(13-5-4-12)6-9(8)14-11(15)17/h2-3,6,13H,4-5,12H2,1H3,(H,14,17). The lowest BCUT2D eigenvalue weighted by atomic mass is 10.2. The molecule has 0 saturated heterocycles. The molecule has 1 aromatic heterocycles. The number of nitrogens with zero attached hydrogens (tertiary/aromatic N) is 1. The number of hydrogen-bond acceptors (Lipinski definition) is 4. The van der Waals surface area contributed by atoms with Gasteiger partial charge >= 0.3 is 5.69 Å². The zero-order valence-corrected chi connectivity index (χ0v) is 9.49. The van der Waals surface area contributed by atoms with Crippen molar-refractivity contribution in [1.29, 1.82) is 0 Å². The van der Waals surface area contributed by atoms with E-state index < -0.39 is 5.69 Å². The summed E-state index contributed by atoms with van der Waals surface area (Å²) in [5, 5.41) is 3.58. The van der Waals surface area contributed by atoms with Crippen LogP contribution in [0.25, 0.3) is 10.9 Å². The Morgan fingerprint density at radius 1 is 1.41 bits per heavy atom. The van der Waals surface area contributed by atoms with Crippen LogP contribution in [0.4, 0.5) is 5.69 Å². The van der Waals surface area contributed by atoms with Crippen molar-refractivity contribution >= 4 is 16.6 Å². The second-order valence-corrected chi connectivity index (χ2v) is 3.77. The highest BCUT2D eigenvalue weighted by Gasteiger charge is 2.04. The first-order valence-corrected chi connectivity index (χ1v) is 5.30. The van der Waals surface area contributed by atoms with Crippen LogP contribution >= 0.6 is 0 Å². The smallest absolute Gasteiger partial charge is 0.328 e. The van der Waals surface area contributed by atoms with Crippen molar-refractivity contribution < 1.29 is 0 Å². The Morgan fingerprint density at radius 3 is 2.88 bits per heavy atom. The number of nitrogens with one attached hydrogen (secondary N) is 2. The summed E-state index contributed by atoms with van der Waals surface area (Å²) in [7, 11) is 1.45. The molecule has 17 heavy (non-hydrogen) atoms. The van der Waals surface area contributed by atoms with E-state index in [-0.39, 0.29) is 5.56 Å². The maximum Gasteiger partial charge on any atom is 0.328 e. The Kier molecular flexibility index (Phi) is 2.97. The van der Waals surface area contributed by atoms with Crippen LogP contribution in [0.2, 0.25) is 0 Å². The molecule has 90 valence electrons. The highest BCUT2D eigenvalue weighted by Crippen LogP contribution is 2.12. The van der Waals surface area contributed by atoms with Gasteiger partial charge < -0.3 is 16.0 Å². The predicted octanol–water partition coefficient (Wildman–Crippen LogP) is -0.403. The summed E-state index contributed by atoms with van der Waals surface area (Å²) in [6, 6.07) is 5.21. The maximum atomic E-state index is 11.8. The van der Waals surface area contributed by atoms with Gasteiger partial charge in [0.05, 0.1) is 10.9 Å². The van der Waals surface area contributed by atoms with E-state index in [2.05, 4.69) is 10.3 Å². The van der Waals surface area contributed by atoms with Gasteiger partial charge in [-0.3, -0.25) is 9.36 Å². The number of rotatable bonds is 3. The second kappa shape index (κ2) is 4.42. The van der Waals surface area contributed by atoms with Crippen molar-refractivity contribution in [2.75, 3.05) is 18.4 Å². The van der Waals surface area contributed by atoms with Gasteiger partial charge in [-0.2, -0.15) is 0 Å². The molecule has 0 aliphatic heterocycles. The number of hydrogen-bond donors (Lipinski definition) is 3. The lowest BCUT2D eigenvalue weighted by molar-refractivity contribution is 0.794. The Bertz CT molecular complexity index is 657. The van der Waals surface area contributed by atoms with E-state index in [0.717, 1.165) is 10.3 Å². The zero-order valence-electron chi connectivity index (χ0n) is 9.49. The summed E-state index contributed by atoms with van der Waals surface area (Å²) < 4.78 is 1.05. The number of H-pyrrole nitrogens is 1. The van der Waals surface area contributed by atoms with Crippen molar-refractivity contribution in [1.82, 2.24) is 9.55 Å². The quantitative estimate of drug-likeness (QED) is 0.673. The molecule has 0 unspecified atom stereocenters. The van der Waals surface area contributed by atoms with Crippen LogP contribution in [0.5, 0.6) is 0 Å². The molecule has 0 spiro atoms. The lowest BCUT2D eigenvalue weighted by Crippen LogP contribution is -2.32. The Balaban J connectivity index is 2.59. The molecule has 6 heteroatoms. The van der Waals surface area contributed by atoms with Gasteiger partial charge in [0, 0.05) is 25.8 Å². The maximum absolute atomic E-state index is 11.8. The topological polar surface area (TPSA) is 92.9 Å². The third-order valence-corrected chi connectivity index (χ3v) is 2.57. The Morgan fingerprint density at radius 2 is 2.18 bits per heavy atom. The molecule has 0 aliphatic carbocycles. The molecular formula is C11H14N4O2. The Labute approximate surface area is 97.1 Å². The van der Waals surface area contributed by atoms with E-state index in [0.29, 0.717) is 24.0 Å². The van der Waals surface area contributed by atoms with E-state index in [1.807, 2.05) is 0 Å². The first-order valence-electron chi connectivity index (χ1n) is 5.30. The molecule has 0 fully saturated rings. The molecule has 6 nitrogen and oxygen atoms in total. The minimum absolute atomic E-state index is 0.297. The summed E-state index contributed by atoms with van der Waals surface area (Å²) in [5.41, 5.74) is 6.02. The minimum atomic E-state index is -0.418. The highest BCUT2D eigenvalue weighted by molar-refractivity contribution is 5.81. The van der Waals surface area contributed by atoms with Gasteiger partial charge in [0.25, 0.3) is 5.56 Å². The molecule has 1 heterocycles. The second-order valence-electron chi connectivity index (χ2n) is 3.77. The van der Waals surface area contributed by atoms with Crippen molar-refractivity contribution in [2.45, 2.75) is 0 Å². The van der Waals surface area contributed by atoms with Crippen LogP contribution in [0, 0.1) is 0 Å². The molecule has 0 aliphatic rings. The van der Waals surface area contributed by atoms with Crippen molar-refractivity contribution in [3.63, 3.8) is 0 Å². The molecule has 0 atom stereocenters. The molecule has 2 rings (SSSR count). The number of nitrogens with two attached hydrogens (primary N) is 1. The van der Waals surface area contributed by atoms with E-state index >= 15 is 0 Å². The molecule has 1 aromatic carbocycles. The van der Waals surface area contributed by atoms with Crippen molar-refractivity contribution in [3.05, 3.63) is 39.0 Å². The fourth-order valence-corrected chi connectivity index (χ4v) is 1.63. The third kappa shape index (κ3) is 2.07. The van der Waals surface area contributed by atoms with Crippen LogP contribution < -0.4 is 22.3 Å². The van der Waals surface area contributed by atoms with Gasteiger partial charge in [0.2, 0.25) is 0 Å². The molecule has 0 saturated carbocycles. The largest absolute Gasteiger partial charge is 0.384 e. The van der Waals surface area contributed by atoms with E-state index in [1.165, 1.54) is 7.05 Å². The van der Waals surface area contributed by atoms with Gasteiger partial charge in [-0.05, 0) is 18.2 Å². The zero-order chi connectivity index (χ0) is 12.4. The molecule has 0 amide bonds. The highest BCUT2D eigenvalue weighted by atomic mass is 16.2. The average Bonchev–Trinajstić information content (AvgIpc) is 2.33. The van der Waals surface area contributed by atoms with E-state index in [1.54, 1.807) is 18.2 Å². The van der Waals surface area contributed by atoms with Gasteiger partial charge in [-0.15, -0.1) is 0 Å². The SMILES string of the molecule is Cn1c(=O)[nH]c2cc(NCCN)ccc2c1=O. The minimum Gasteiger partial charge on any atom is -0.384 e. The Hall–Kier alpha value is -2.08. The number of aromatic nitrogens is 2. The van der Waals surface area contributed by atoms with Crippen LogP contribution in [0.15, 0.2) is 27.8 Å². The molecular weight excluding hydrogens is 220 g/mol. The molecule has 0 radical (unpaired) electrons. The number of benzene rings is 1. The fourth-order valence-electron chi connectivity index (χ4n) is 1.63. The van der Waals surface area contributed by atoms with E-state index in [4.69, 9.17) is 5.73 Å². The molecule has 4 N–H and O–H groups in total. The summed E-state index contributed by atoms with van der Waals surface area (Å²) in [6.07, 6.45) is 0. The normalized spacial score (nSPS) is 10.7. The van der Waals surface area contributed by atoms with Gasteiger partial charge in [-0.25, -0.2) is 4.79 Å². The fraction of sp³-hybridized carbons (Fsp3) is 0.273. The van der Waals surface area contributed by atoms with Gasteiger partial charge in [0.15, 0.2) is 0 Å². The van der Waals surface area contributed by atoms with Crippen molar-refractivity contribution in [2.24, 2.45) is 12.8 Å². The summed E-state index contributed by atoms with van der Waals surface area (Å²) in [5.74, 6) is 0. The molecule has 2 aromatic rings. The van der Waals surface area contributed by atoms with Crippen LogP contribution in [-0.2, 0) is 7.05 Å². The average molecular weight is 234 g/mol. The summed E-state index contributed by atoms with van der Waals surface area (Å²) in [6.45, 7) is 1.16. The number of aromatic amines is 1. The van der Waals surface area contributed by atoms with Crippen LogP contribution in [0.3, 0.4) is 0 Å². The monoisotopic (exact) mass is 234 g/mol. The summed E-state index contributed by atoms with van der Waals surface area (Å²) in [4.78, 5) is 25.9. The number of fused-ring (bicyclic) bond motifs is 1. The van der Waals surface area contributed by atoms with Crippen LogP contribution in [-0.4, -0.2) is 22.6 Å². The molecule has 0 bridgehead atoms. The van der Waals surface area contributed by atoms with Crippen molar-refractivity contribution in [3.8, 4) is 0 Å². The van der Waals surface area contributed by atoms with Crippen LogP contribution in [0.1, 0.15) is 0 Å². The first-order chi connectivity index (χ1) is 8.13. The third-order valence-electron chi connectivity index (χ3n) is 2.57. The van der Waals surface area contributed by atoms with Gasteiger partial charge in [-0.1, -0.05) is 0 Å². The predicted molar refractivity (Wildman–Crippen MR) is 67.4 cm³/mol. The first kappa shape index (κ1) is 11.4. The van der Waals surface area contributed by atoms with E-state index in [9.17, 15) is 9.59 Å². The number of anilines is 1.